The van der Waals surface area contributed by atoms with Crippen LogP contribution in [0, 0.1) is 0 Å². The van der Waals surface area contributed by atoms with Crippen molar-refractivity contribution >= 4 is 29.2 Å². The summed E-state index contributed by atoms with van der Waals surface area (Å²) in [4.78, 5) is 11.1. The number of nitrogens with one attached hydrogen (secondary N) is 1. The number of hydrogen-bond acceptors (Lipinski definition) is 2. The number of halogens is 2. The maximum Gasteiger partial charge on any atom is 0.325 e. The average molecular weight is 260 g/mol. The van der Waals surface area contributed by atoms with E-state index < -0.39 is 12.0 Å². The molecular weight excluding hydrogens is 249 g/mol. The van der Waals surface area contributed by atoms with E-state index in [9.17, 15) is 4.79 Å². The second-order valence-electron chi connectivity index (χ2n) is 3.91. The van der Waals surface area contributed by atoms with Gasteiger partial charge in [-0.2, -0.15) is 0 Å². The highest BCUT2D eigenvalue weighted by Crippen LogP contribution is 2.27. The number of carboxylic acid groups (broad SMARTS) is 1. The van der Waals surface area contributed by atoms with Crippen LogP contribution in [0.1, 0.15) is 24.4 Å². The molecule has 0 bridgehead atoms. The van der Waals surface area contributed by atoms with Gasteiger partial charge in [0.15, 0.2) is 0 Å². The topological polar surface area (TPSA) is 49.3 Å². The molecule has 0 heterocycles. The molecule has 5 heteroatoms. The molecule has 0 unspecified atom stereocenters. The Hall–Kier alpha value is -0.770. The molecular formula is C11H11Cl2NO2. The molecule has 1 saturated carbocycles. The van der Waals surface area contributed by atoms with Gasteiger partial charge in [-0.15, -0.1) is 0 Å². The highest BCUT2D eigenvalue weighted by atomic mass is 35.5. The molecule has 1 aliphatic rings. The first kappa shape index (κ1) is 11.7. The summed E-state index contributed by atoms with van der Waals surface area (Å²) in [6, 6.07) is 4.41. The van der Waals surface area contributed by atoms with Crippen LogP contribution in [0.5, 0.6) is 0 Å². The molecule has 0 saturated heterocycles. The molecule has 0 amide bonds. The monoisotopic (exact) mass is 259 g/mol. The van der Waals surface area contributed by atoms with Gasteiger partial charge >= 0.3 is 5.97 Å². The number of aliphatic carboxylic acids is 1. The van der Waals surface area contributed by atoms with Crippen molar-refractivity contribution in [2.75, 3.05) is 0 Å². The van der Waals surface area contributed by atoms with Gasteiger partial charge in [0.05, 0.1) is 0 Å². The fraction of sp³-hybridized carbons (Fsp3) is 0.364. The molecule has 16 heavy (non-hydrogen) atoms. The maximum atomic E-state index is 11.1. The van der Waals surface area contributed by atoms with Crippen molar-refractivity contribution in [1.82, 2.24) is 5.32 Å². The summed E-state index contributed by atoms with van der Waals surface area (Å²) >= 11 is 11.7. The van der Waals surface area contributed by atoms with Crippen molar-refractivity contribution in [2.45, 2.75) is 24.9 Å². The number of benzene rings is 1. The third kappa shape index (κ3) is 2.88. The summed E-state index contributed by atoms with van der Waals surface area (Å²) in [6.07, 6.45) is 2.05. The second-order valence-corrected chi connectivity index (χ2v) is 4.79. The Kier molecular flexibility index (Phi) is 3.38. The van der Waals surface area contributed by atoms with E-state index in [1.165, 1.54) is 0 Å². The summed E-state index contributed by atoms with van der Waals surface area (Å²) in [5.41, 5.74) is 0.594. The lowest BCUT2D eigenvalue weighted by atomic mass is 10.1. The van der Waals surface area contributed by atoms with Crippen LogP contribution in [0.3, 0.4) is 0 Å². The van der Waals surface area contributed by atoms with Crippen molar-refractivity contribution in [1.29, 1.82) is 0 Å². The quantitative estimate of drug-likeness (QED) is 0.875. The van der Waals surface area contributed by atoms with Crippen LogP contribution in [0.4, 0.5) is 0 Å². The van der Waals surface area contributed by atoms with Gasteiger partial charge in [0.2, 0.25) is 0 Å². The summed E-state index contributed by atoms with van der Waals surface area (Å²) in [6.45, 7) is 0. The number of carbonyl (C=O) groups is 1. The lowest BCUT2D eigenvalue weighted by molar-refractivity contribution is -0.139. The SMILES string of the molecule is O=C(O)[C@H](NC1CC1)c1cc(Cl)cc(Cl)c1. The zero-order chi connectivity index (χ0) is 11.7. The van der Waals surface area contributed by atoms with E-state index >= 15 is 0 Å². The van der Waals surface area contributed by atoms with E-state index in [0.29, 0.717) is 21.7 Å². The summed E-state index contributed by atoms with van der Waals surface area (Å²) < 4.78 is 0. The highest BCUT2D eigenvalue weighted by molar-refractivity contribution is 6.34. The normalized spacial score (nSPS) is 17.1. The van der Waals surface area contributed by atoms with Crippen molar-refractivity contribution in [3.63, 3.8) is 0 Å². The zero-order valence-electron chi connectivity index (χ0n) is 8.41. The maximum absolute atomic E-state index is 11.1. The van der Waals surface area contributed by atoms with Crippen molar-refractivity contribution < 1.29 is 9.90 Å². The summed E-state index contributed by atoms with van der Waals surface area (Å²) in [5, 5.41) is 13.1. The van der Waals surface area contributed by atoms with E-state index in [-0.39, 0.29) is 0 Å². The van der Waals surface area contributed by atoms with Crippen molar-refractivity contribution in [2.24, 2.45) is 0 Å². The minimum Gasteiger partial charge on any atom is -0.480 e. The highest BCUT2D eigenvalue weighted by Gasteiger charge is 2.29. The smallest absolute Gasteiger partial charge is 0.325 e. The van der Waals surface area contributed by atoms with Gasteiger partial charge in [0.25, 0.3) is 0 Å². The standard InChI is InChI=1S/C11H11Cl2NO2/c12-7-3-6(4-8(13)5-7)10(11(15)16)14-9-1-2-9/h3-5,9-10,14H,1-2H2,(H,15,16)/t10-/m1/s1. The predicted molar refractivity (Wildman–Crippen MR) is 63.0 cm³/mol. The summed E-state index contributed by atoms with van der Waals surface area (Å²) in [7, 11) is 0. The minimum atomic E-state index is -0.912. The van der Waals surface area contributed by atoms with Crippen LogP contribution in [0.15, 0.2) is 18.2 Å². The molecule has 2 rings (SSSR count). The van der Waals surface area contributed by atoms with Gasteiger partial charge in [0, 0.05) is 16.1 Å². The van der Waals surface area contributed by atoms with Crippen LogP contribution in [0.25, 0.3) is 0 Å². The van der Waals surface area contributed by atoms with Gasteiger partial charge in [-0.3, -0.25) is 10.1 Å². The van der Waals surface area contributed by atoms with Gasteiger partial charge in [0.1, 0.15) is 6.04 Å². The molecule has 2 N–H and O–H groups in total. The van der Waals surface area contributed by atoms with Gasteiger partial charge in [-0.1, -0.05) is 23.2 Å². The first-order valence-corrected chi connectivity index (χ1v) is 5.76. The number of rotatable bonds is 4. The molecule has 1 atom stereocenters. The van der Waals surface area contributed by atoms with E-state index in [2.05, 4.69) is 5.32 Å². The lowest BCUT2D eigenvalue weighted by Crippen LogP contribution is -2.30. The Morgan fingerprint density at radius 3 is 2.31 bits per heavy atom. The zero-order valence-corrected chi connectivity index (χ0v) is 9.92. The minimum absolute atomic E-state index is 0.304. The molecule has 3 nitrogen and oxygen atoms in total. The van der Waals surface area contributed by atoms with Crippen LogP contribution in [-0.4, -0.2) is 17.1 Å². The largest absolute Gasteiger partial charge is 0.480 e. The third-order valence-corrected chi connectivity index (χ3v) is 2.88. The van der Waals surface area contributed by atoms with Crippen LogP contribution in [0.2, 0.25) is 10.0 Å². The second kappa shape index (κ2) is 4.62. The molecule has 1 aromatic carbocycles. The Labute approximate surface area is 103 Å². The van der Waals surface area contributed by atoms with Gasteiger partial charge in [-0.05, 0) is 36.6 Å². The fourth-order valence-corrected chi connectivity index (χ4v) is 2.08. The molecule has 1 fully saturated rings. The molecule has 0 radical (unpaired) electrons. The van der Waals surface area contributed by atoms with Gasteiger partial charge < -0.3 is 5.11 Å². The summed E-state index contributed by atoms with van der Waals surface area (Å²) in [5.74, 6) is -0.912. The fourth-order valence-electron chi connectivity index (χ4n) is 1.54. The van der Waals surface area contributed by atoms with Crippen molar-refractivity contribution in [3.8, 4) is 0 Å². The Balaban J connectivity index is 2.25. The molecule has 0 aromatic heterocycles. The lowest BCUT2D eigenvalue weighted by Gasteiger charge is -2.14. The van der Waals surface area contributed by atoms with E-state index in [0.717, 1.165) is 12.8 Å². The predicted octanol–water partition coefficient (Wildman–Crippen LogP) is 2.87. The van der Waals surface area contributed by atoms with Crippen LogP contribution < -0.4 is 5.32 Å². The molecule has 86 valence electrons. The molecule has 1 aromatic rings. The average Bonchev–Trinajstić information content (AvgIpc) is 2.95. The Morgan fingerprint density at radius 2 is 1.88 bits per heavy atom. The van der Waals surface area contributed by atoms with Gasteiger partial charge in [-0.25, -0.2) is 0 Å². The number of hydrogen-bond donors (Lipinski definition) is 2. The van der Waals surface area contributed by atoms with Crippen molar-refractivity contribution in [3.05, 3.63) is 33.8 Å². The molecule has 0 spiro atoms. The van der Waals surface area contributed by atoms with E-state index in [1.54, 1.807) is 18.2 Å². The van der Waals surface area contributed by atoms with E-state index in [1.807, 2.05) is 0 Å². The van der Waals surface area contributed by atoms with Crippen LogP contribution >= 0.6 is 23.2 Å². The van der Waals surface area contributed by atoms with Crippen LogP contribution in [-0.2, 0) is 4.79 Å². The van der Waals surface area contributed by atoms with E-state index in [4.69, 9.17) is 28.3 Å². The Bertz CT molecular complexity index is 398. The molecule has 1 aliphatic carbocycles. The first-order valence-electron chi connectivity index (χ1n) is 5.01. The Morgan fingerprint density at radius 1 is 1.31 bits per heavy atom. The molecule has 0 aliphatic heterocycles. The number of carboxylic acids is 1. The first-order chi connectivity index (χ1) is 7.56. The third-order valence-electron chi connectivity index (χ3n) is 2.44.